The van der Waals surface area contributed by atoms with Crippen LogP contribution in [0.5, 0.6) is 0 Å². The number of anilines is 2. The van der Waals surface area contributed by atoms with Crippen LogP contribution >= 0.6 is 0 Å². The molecule has 4 rings (SSSR count). The highest BCUT2D eigenvalue weighted by Gasteiger charge is 2.29. The summed E-state index contributed by atoms with van der Waals surface area (Å²) in [5, 5.41) is 3.44. The second kappa shape index (κ2) is 9.55. The highest BCUT2D eigenvalue weighted by atomic mass is 32.2. The van der Waals surface area contributed by atoms with E-state index in [0.717, 1.165) is 28.9 Å². The summed E-state index contributed by atoms with van der Waals surface area (Å²) in [6, 6.07) is 13.2. The van der Waals surface area contributed by atoms with E-state index in [1.165, 1.54) is 12.1 Å². The van der Waals surface area contributed by atoms with Crippen molar-refractivity contribution >= 4 is 27.2 Å². The highest BCUT2D eigenvalue weighted by Crippen LogP contribution is 2.33. The second-order valence-electron chi connectivity index (χ2n) is 8.66. The first-order chi connectivity index (χ1) is 16.1. The molecule has 0 saturated heterocycles. The third-order valence-corrected chi connectivity index (χ3v) is 6.81. The Morgan fingerprint density at radius 3 is 2.47 bits per heavy atom. The van der Waals surface area contributed by atoms with Crippen LogP contribution in [0.2, 0.25) is 0 Å². The topological polar surface area (TPSA) is 110 Å². The van der Waals surface area contributed by atoms with Crippen molar-refractivity contribution in [1.82, 2.24) is 14.5 Å². The van der Waals surface area contributed by atoms with E-state index in [0.29, 0.717) is 24.6 Å². The van der Waals surface area contributed by atoms with Gasteiger partial charge in [0.05, 0.1) is 18.3 Å². The average Bonchev–Trinajstić information content (AvgIpc) is 3.16. The Morgan fingerprint density at radius 1 is 1.15 bits per heavy atom. The highest BCUT2D eigenvalue weighted by molar-refractivity contribution is 7.90. The van der Waals surface area contributed by atoms with Gasteiger partial charge in [-0.05, 0) is 49.7 Å². The molecule has 180 valence electrons. The quantitative estimate of drug-likeness (QED) is 0.533. The van der Waals surface area contributed by atoms with E-state index in [4.69, 9.17) is 10.7 Å². The molecule has 0 fully saturated rings. The lowest BCUT2D eigenvalue weighted by Crippen LogP contribution is -2.47. The van der Waals surface area contributed by atoms with Gasteiger partial charge in [0.15, 0.2) is 0 Å². The number of hydrogen-bond donors (Lipinski definition) is 2. The van der Waals surface area contributed by atoms with Gasteiger partial charge < -0.3 is 20.5 Å². The maximum atomic E-state index is 13.5. The molecule has 2 heterocycles. The van der Waals surface area contributed by atoms with Crippen molar-refractivity contribution in [3.63, 3.8) is 0 Å². The summed E-state index contributed by atoms with van der Waals surface area (Å²) in [7, 11) is -3.20. The maximum Gasteiger partial charge on any atom is 0.239 e. The number of hydrogen-bond acceptors (Lipinski definition) is 6. The Hall–Kier alpha value is -3.24. The maximum absolute atomic E-state index is 13.5. The Balaban J connectivity index is 1.62. The van der Waals surface area contributed by atoms with Crippen molar-refractivity contribution in [3.8, 4) is 11.3 Å². The molecule has 0 bridgehead atoms. The molecular formula is C24H28FN5O3S. The van der Waals surface area contributed by atoms with E-state index in [1.54, 1.807) is 17.0 Å². The van der Waals surface area contributed by atoms with Gasteiger partial charge in [0.2, 0.25) is 5.91 Å². The fraction of sp³-hybridized carbons (Fsp3) is 0.333. The van der Waals surface area contributed by atoms with E-state index in [2.05, 4.69) is 5.32 Å². The minimum absolute atomic E-state index is 0.0731. The van der Waals surface area contributed by atoms with Crippen LogP contribution in [-0.2, 0) is 27.7 Å². The number of aromatic nitrogens is 2. The van der Waals surface area contributed by atoms with Crippen molar-refractivity contribution in [2.75, 3.05) is 23.9 Å². The van der Waals surface area contributed by atoms with Gasteiger partial charge in [-0.2, -0.15) is 0 Å². The third-order valence-electron chi connectivity index (χ3n) is 5.83. The van der Waals surface area contributed by atoms with Gasteiger partial charge in [-0.1, -0.05) is 17.7 Å². The number of amides is 1. The van der Waals surface area contributed by atoms with E-state index in [9.17, 15) is 17.6 Å². The average molecular weight is 486 g/mol. The molecule has 1 atom stereocenters. The number of halogens is 1. The first-order valence-electron chi connectivity index (χ1n) is 11.0. The van der Waals surface area contributed by atoms with Crippen LogP contribution in [0.4, 0.5) is 15.9 Å². The SMILES string of the molecule is Cc1ccc(Nc2c(-c3ccc(F)cc3)nc3n2CCN(C(=O)[C@@H](N)CCS(C)(=O)=O)C3)cc1. The van der Waals surface area contributed by atoms with Crippen LogP contribution in [0.25, 0.3) is 11.3 Å². The second-order valence-corrected chi connectivity index (χ2v) is 10.9. The lowest BCUT2D eigenvalue weighted by atomic mass is 10.1. The molecule has 0 unspecified atom stereocenters. The zero-order valence-electron chi connectivity index (χ0n) is 19.2. The van der Waals surface area contributed by atoms with Crippen LogP contribution in [-0.4, -0.2) is 53.4 Å². The van der Waals surface area contributed by atoms with Crippen molar-refractivity contribution in [3.05, 3.63) is 65.7 Å². The molecular weight excluding hydrogens is 457 g/mol. The largest absolute Gasteiger partial charge is 0.340 e. The lowest BCUT2D eigenvalue weighted by molar-refractivity contribution is -0.134. The number of rotatable bonds is 7. The number of nitrogens with two attached hydrogens (primary N) is 1. The van der Waals surface area contributed by atoms with Crippen molar-refractivity contribution in [2.24, 2.45) is 5.73 Å². The van der Waals surface area contributed by atoms with Crippen LogP contribution in [0.1, 0.15) is 17.8 Å². The molecule has 1 aromatic heterocycles. The molecule has 0 aliphatic carbocycles. The fourth-order valence-electron chi connectivity index (χ4n) is 3.93. The van der Waals surface area contributed by atoms with E-state index in [1.807, 2.05) is 35.8 Å². The van der Waals surface area contributed by atoms with Gasteiger partial charge in [0.1, 0.15) is 33.0 Å². The van der Waals surface area contributed by atoms with E-state index in [-0.39, 0.29) is 30.4 Å². The summed E-state index contributed by atoms with van der Waals surface area (Å²) in [5.74, 6) is 0.666. The van der Waals surface area contributed by atoms with Gasteiger partial charge in [-0.25, -0.2) is 17.8 Å². The van der Waals surface area contributed by atoms with E-state index >= 15 is 0 Å². The van der Waals surface area contributed by atoms with Gasteiger partial charge in [-0.15, -0.1) is 0 Å². The van der Waals surface area contributed by atoms with Crippen molar-refractivity contribution in [2.45, 2.75) is 32.5 Å². The summed E-state index contributed by atoms with van der Waals surface area (Å²) in [6.07, 6.45) is 1.20. The first kappa shape index (κ1) is 23.9. The zero-order valence-corrected chi connectivity index (χ0v) is 20.0. The molecule has 10 heteroatoms. The summed E-state index contributed by atoms with van der Waals surface area (Å²) >= 11 is 0. The molecule has 3 N–H and O–H groups in total. The van der Waals surface area contributed by atoms with Crippen molar-refractivity contribution in [1.29, 1.82) is 0 Å². The molecule has 8 nitrogen and oxygen atoms in total. The predicted octanol–water partition coefficient (Wildman–Crippen LogP) is 2.85. The van der Waals surface area contributed by atoms with Crippen LogP contribution in [0.15, 0.2) is 48.5 Å². The van der Waals surface area contributed by atoms with E-state index < -0.39 is 15.9 Å². The summed E-state index contributed by atoms with van der Waals surface area (Å²) in [5.41, 5.74) is 9.44. The lowest BCUT2D eigenvalue weighted by Gasteiger charge is -2.30. The number of benzene rings is 2. The monoisotopic (exact) mass is 485 g/mol. The van der Waals surface area contributed by atoms with Gasteiger partial charge in [0, 0.05) is 30.6 Å². The molecule has 34 heavy (non-hydrogen) atoms. The molecule has 2 aromatic carbocycles. The van der Waals surface area contributed by atoms with Gasteiger partial charge in [0.25, 0.3) is 0 Å². The van der Waals surface area contributed by atoms with Crippen molar-refractivity contribution < 1.29 is 17.6 Å². The molecule has 1 aliphatic heterocycles. The number of imidazole rings is 1. The Morgan fingerprint density at radius 2 is 1.82 bits per heavy atom. The summed E-state index contributed by atoms with van der Waals surface area (Å²) in [6.45, 7) is 3.16. The van der Waals surface area contributed by atoms with Gasteiger partial charge in [-0.3, -0.25) is 4.79 Å². The minimum Gasteiger partial charge on any atom is -0.340 e. The summed E-state index contributed by atoms with van der Waals surface area (Å²) < 4.78 is 38.4. The summed E-state index contributed by atoms with van der Waals surface area (Å²) in [4.78, 5) is 19.3. The number of sulfone groups is 1. The smallest absolute Gasteiger partial charge is 0.239 e. The normalized spacial score (nSPS) is 14.5. The Bertz CT molecular complexity index is 1290. The Labute approximate surface area is 198 Å². The predicted molar refractivity (Wildman–Crippen MR) is 130 cm³/mol. The molecule has 0 spiro atoms. The molecule has 3 aromatic rings. The number of carbonyl (C=O) groups is 1. The Kier molecular flexibility index (Phi) is 6.72. The number of carbonyl (C=O) groups excluding carboxylic acids is 1. The first-order valence-corrected chi connectivity index (χ1v) is 13.1. The molecule has 0 radical (unpaired) electrons. The molecule has 1 amide bonds. The fourth-order valence-corrected chi connectivity index (χ4v) is 4.61. The minimum atomic E-state index is -3.20. The standard InChI is InChI=1S/C24H28FN5O3S/c1-16-3-9-19(10-4-16)27-23-22(17-5-7-18(25)8-6-17)28-21-15-29(12-13-30(21)23)24(31)20(26)11-14-34(2,32)33/h3-10,20,27H,11-15,26H2,1-2H3/t20-/m0/s1. The van der Waals surface area contributed by atoms with Crippen LogP contribution < -0.4 is 11.1 Å². The number of aryl methyl sites for hydroxylation is 1. The molecule has 0 saturated carbocycles. The third kappa shape index (κ3) is 5.45. The number of nitrogens with zero attached hydrogens (tertiary/aromatic N) is 3. The van der Waals surface area contributed by atoms with Crippen LogP contribution in [0, 0.1) is 12.7 Å². The number of nitrogens with one attached hydrogen (secondary N) is 1. The zero-order chi connectivity index (χ0) is 24.5. The van der Waals surface area contributed by atoms with Gasteiger partial charge >= 0.3 is 0 Å². The van der Waals surface area contributed by atoms with Crippen LogP contribution in [0.3, 0.4) is 0 Å². The number of fused-ring (bicyclic) bond motifs is 1. The molecule has 1 aliphatic rings.